The van der Waals surface area contributed by atoms with Crippen molar-refractivity contribution in [3.63, 3.8) is 0 Å². The predicted octanol–water partition coefficient (Wildman–Crippen LogP) is 2.29. The second kappa shape index (κ2) is 5.18. The number of halogens is 1. The van der Waals surface area contributed by atoms with Crippen molar-refractivity contribution in [2.45, 2.75) is 32.2 Å². The highest BCUT2D eigenvalue weighted by molar-refractivity contribution is 8.13. The van der Waals surface area contributed by atoms with Gasteiger partial charge in [-0.25, -0.2) is 13.4 Å². The summed E-state index contributed by atoms with van der Waals surface area (Å²) in [6, 6.07) is 4.13. The minimum absolute atomic E-state index is 0.0921. The van der Waals surface area contributed by atoms with Crippen LogP contribution in [-0.2, 0) is 15.6 Å². The van der Waals surface area contributed by atoms with Gasteiger partial charge in [-0.2, -0.15) is 0 Å². The number of aromatic nitrogens is 2. The number of nitrogens with zero attached hydrogens (tertiary/aromatic N) is 2. The smallest absolute Gasteiger partial charge is 0.261 e. The van der Waals surface area contributed by atoms with Gasteiger partial charge in [0, 0.05) is 17.2 Å². The number of hydrogen-bond acceptors (Lipinski definition) is 4. The van der Waals surface area contributed by atoms with Crippen molar-refractivity contribution >= 4 is 30.6 Å². The van der Waals surface area contributed by atoms with Gasteiger partial charge in [0.15, 0.2) is 0 Å². The third-order valence-corrected chi connectivity index (χ3v) is 4.30. The summed E-state index contributed by atoms with van der Waals surface area (Å²) in [5.74, 6) is 0.892. The normalized spacial score (nSPS) is 12.2. The molecular formula is C13H15ClN2O3S. The van der Waals surface area contributed by atoms with Crippen LogP contribution in [0, 0.1) is 12.8 Å². The average molecular weight is 315 g/mol. The average Bonchev–Trinajstić information content (AvgIpc) is 2.32. The summed E-state index contributed by atoms with van der Waals surface area (Å²) >= 11 is 0. The van der Waals surface area contributed by atoms with E-state index < -0.39 is 9.05 Å². The van der Waals surface area contributed by atoms with Crippen molar-refractivity contribution in [3.8, 4) is 0 Å². The molecule has 0 saturated heterocycles. The van der Waals surface area contributed by atoms with E-state index in [1.54, 1.807) is 11.5 Å². The molecule has 0 saturated carbocycles. The molecule has 7 heteroatoms. The molecule has 1 aromatic carbocycles. The van der Waals surface area contributed by atoms with Crippen LogP contribution < -0.4 is 5.56 Å². The molecule has 2 rings (SSSR count). The van der Waals surface area contributed by atoms with Gasteiger partial charge < -0.3 is 0 Å². The molecule has 2 aromatic rings. The van der Waals surface area contributed by atoms with E-state index in [4.69, 9.17) is 10.7 Å². The molecule has 0 bridgehead atoms. The molecule has 108 valence electrons. The Morgan fingerprint density at radius 3 is 2.55 bits per heavy atom. The van der Waals surface area contributed by atoms with Gasteiger partial charge in [-0.3, -0.25) is 9.36 Å². The fourth-order valence-electron chi connectivity index (χ4n) is 2.04. The lowest BCUT2D eigenvalue weighted by Gasteiger charge is -2.13. The van der Waals surface area contributed by atoms with Gasteiger partial charge in [-0.1, -0.05) is 13.8 Å². The molecule has 0 radical (unpaired) electrons. The van der Waals surface area contributed by atoms with E-state index in [0.717, 1.165) is 0 Å². The lowest BCUT2D eigenvalue weighted by atomic mass is 10.2. The number of aryl methyl sites for hydroxylation is 1. The van der Waals surface area contributed by atoms with E-state index in [1.165, 1.54) is 18.2 Å². The second-order valence-corrected chi connectivity index (χ2v) is 7.65. The van der Waals surface area contributed by atoms with Crippen LogP contribution in [0.5, 0.6) is 0 Å². The van der Waals surface area contributed by atoms with Crippen LogP contribution in [0.4, 0.5) is 0 Å². The Kier molecular flexibility index (Phi) is 3.88. The van der Waals surface area contributed by atoms with Gasteiger partial charge in [0.25, 0.3) is 14.6 Å². The van der Waals surface area contributed by atoms with Gasteiger partial charge in [0.1, 0.15) is 5.82 Å². The maximum absolute atomic E-state index is 12.4. The van der Waals surface area contributed by atoms with Gasteiger partial charge >= 0.3 is 0 Å². The van der Waals surface area contributed by atoms with Gasteiger partial charge in [-0.05, 0) is 31.0 Å². The Morgan fingerprint density at radius 1 is 1.35 bits per heavy atom. The molecule has 0 aliphatic heterocycles. The molecule has 1 aromatic heterocycles. The third kappa shape index (κ3) is 2.86. The highest BCUT2D eigenvalue weighted by Crippen LogP contribution is 2.19. The summed E-state index contributed by atoms with van der Waals surface area (Å²) < 4.78 is 24.3. The first-order valence-corrected chi connectivity index (χ1v) is 8.47. The zero-order valence-corrected chi connectivity index (χ0v) is 13.0. The number of hydrogen-bond donors (Lipinski definition) is 0. The lowest BCUT2D eigenvalue weighted by molar-refractivity contribution is 0.498. The summed E-state index contributed by atoms with van der Waals surface area (Å²) in [6.45, 7) is 6.28. The lowest BCUT2D eigenvalue weighted by Crippen LogP contribution is -2.26. The highest BCUT2D eigenvalue weighted by Gasteiger charge is 2.14. The fraction of sp³-hybridized carbons (Fsp3) is 0.385. The monoisotopic (exact) mass is 314 g/mol. The number of fused-ring (bicyclic) bond motifs is 1. The molecule has 0 amide bonds. The molecule has 0 fully saturated rings. The molecular weight excluding hydrogens is 300 g/mol. The van der Waals surface area contributed by atoms with E-state index in [0.29, 0.717) is 17.9 Å². The first-order chi connectivity index (χ1) is 9.20. The largest absolute Gasteiger partial charge is 0.296 e. The summed E-state index contributed by atoms with van der Waals surface area (Å²) in [6.07, 6.45) is 0. The van der Waals surface area contributed by atoms with E-state index in [1.807, 2.05) is 13.8 Å². The van der Waals surface area contributed by atoms with Gasteiger partial charge in [0.05, 0.1) is 15.8 Å². The molecule has 1 heterocycles. The zero-order chi connectivity index (χ0) is 15.1. The van der Waals surface area contributed by atoms with E-state index in [-0.39, 0.29) is 21.8 Å². The van der Waals surface area contributed by atoms with Crippen molar-refractivity contribution in [3.05, 3.63) is 34.4 Å². The van der Waals surface area contributed by atoms with Crippen molar-refractivity contribution in [2.24, 2.45) is 5.92 Å². The first-order valence-electron chi connectivity index (χ1n) is 6.16. The minimum Gasteiger partial charge on any atom is -0.296 e. The van der Waals surface area contributed by atoms with Crippen molar-refractivity contribution < 1.29 is 8.42 Å². The topological polar surface area (TPSA) is 69.0 Å². The minimum atomic E-state index is -3.86. The van der Waals surface area contributed by atoms with Crippen molar-refractivity contribution in [1.82, 2.24) is 9.55 Å². The molecule has 0 unspecified atom stereocenters. The summed E-state index contributed by atoms with van der Waals surface area (Å²) in [5.41, 5.74) is 0.222. The Morgan fingerprint density at radius 2 is 2.00 bits per heavy atom. The quantitative estimate of drug-likeness (QED) is 0.815. The standard InChI is InChI=1S/C13H15ClN2O3S/c1-8(2)7-16-9(3)15-12-5-4-10(20(14,18)19)6-11(12)13(16)17/h4-6,8H,7H2,1-3H3. The Labute approximate surface area is 121 Å². The molecule has 20 heavy (non-hydrogen) atoms. The van der Waals surface area contributed by atoms with Crippen molar-refractivity contribution in [1.29, 1.82) is 0 Å². The van der Waals surface area contributed by atoms with Crippen LogP contribution in [0.2, 0.25) is 0 Å². The van der Waals surface area contributed by atoms with Crippen molar-refractivity contribution in [2.75, 3.05) is 0 Å². The van der Waals surface area contributed by atoms with Gasteiger partial charge in [0.2, 0.25) is 0 Å². The third-order valence-electron chi connectivity index (χ3n) is 2.95. The van der Waals surface area contributed by atoms with Gasteiger partial charge in [-0.15, -0.1) is 0 Å². The van der Waals surface area contributed by atoms with Crippen LogP contribution in [0.25, 0.3) is 10.9 Å². The van der Waals surface area contributed by atoms with Crippen LogP contribution in [-0.4, -0.2) is 18.0 Å². The summed E-state index contributed by atoms with van der Waals surface area (Å²) in [5, 5.41) is 0.262. The van der Waals surface area contributed by atoms with E-state index in [9.17, 15) is 13.2 Å². The predicted molar refractivity (Wildman–Crippen MR) is 78.6 cm³/mol. The molecule has 0 aliphatic carbocycles. The maximum Gasteiger partial charge on any atom is 0.261 e. The SMILES string of the molecule is Cc1nc2ccc(S(=O)(=O)Cl)cc2c(=O)n1CC(C)C. The Hall–Kier alpha value is -1.40. The molecule has 0 atom stereocenters. The Bertz CT molecular complexity index is 825. The molecule has 0 aliphatic rings. The van der Waals surface area contributed by atoms with E-state index in [2.05, 4.69) is 4.98 Å². The summed E-state index contributed by atoms with van der Waals surface area (Å²) in [4.78, 5) is 16.7. The molecule has 5 nitrogen and oxygen atoms in total. The Balaban J connectivity index is 2.78. The first kappa shape index (κ1) is 15.0. The van der Waals surface area contributed by atoms with Crippen LogP contribution >= 0.6 is 10.7 Å². The van der Waals surface area contributed by atoms with Crippen LogP contribution in [0.15, 0.2) is 27.9 Å². The number of benzene rings is 1. The highest BCUT2D eigenvalue weighted by atomic mass is 35.7. The van der Waals surface area contributed by atoms with E-state index >= 15 is 0 Å². The van der Waals surface area contributed by atoms with Crippen LogP contribution in [0.3, 0.4) is 0 Å². The molecule has 0 N–H and O–H groups in total. The second-order valence-electron chi connectivity index (χ2n) is 5.09. The zero-order valence-electron chi connectivity index (χ0n) is 11.4. The summed E-state index contributed by atoms with van der Waals surface area (Å²) in [7, 11) is 1.45. The fourth-order valence-corrected chi connectivity index (χ4v) is 2.82. The maximum atomic E-state index is 12.4. The molecule has 0 spiro atoms. The number of rotatable bonds is 3. The van der Waals surface area contributed by atoms with Crippen LogP contribution in [0.1, 0.15) is 19.7 Å².